The van der Waals surface area contributed by atoms with Gasteiger partial charge in [0.2, 0.25) is 5.95 Å². The second kappa shape index (κ2) is 4.17. The van der Waals surface area contributed by atoms with Gasteiger partial charge in [-0.15, -0.1) is 0 Å². The summed E-state index contributed by atoms with van der Waals surface area (Å²) >= 11 is 5.90. The number of halogens is 3. The second-order valence-corrected chi connectivity index (χ2v) is 4.30. The Morgan fingerprint density at radius 3 is 2.79 bits per heavy atom. The Labute approximate surface area is 111 Å². The molecule has 0 bridgehead atoms. The summed E-state index contributed by atoms with van der Waals surface area (Å²) < 4.78 is 28.3. The minimum absolute atomic E-state index is 0.0331. The lowest BCUT2D eigenvalue weighted by Crippen LogP contribution is -2.04. The summed E-state index contributed by atoms with van der Waals surface area (Å²) in [6.07, 6.45) is 3.02. The maximum Gasteiger partial charge on any atom is 0.206 e. The van der Waals surface area contributed by atoms with Crippen LogP contribution < -0.4 is 5.73 Å². The summed E-state index contributed by atoms with van der Waals surface area (Å²) in [6, 6.07) is 3.39. The van der Waals surface area contributed by atoms with Gasteiger partial charge < -0.3 is 5.73 Å². The van der Waals surface area contributed by atoms with E-state index in [0.717, 1.165) is 12.1 Å². The molecule has 0 aliphatic heterocycles. The normalized spacial score (nSPS) is 11.1. The molecule has 4 nitrogen and oxygen atoms in total. The zero-order valence-corrected chi connectivity index (χ0v) is 10.2. The molecule has 0 radical (unpaired) electrons. The van der Waals surface area contributed by atoms with E-state index in [0.29, 0.717) is 11.0 Å². The average Bonchev–Trinajstić information content (AvgIpc) is 2.65. The maximum atomic E-state index is 13.9. The average molecular weight is 281 g/mol. The van der Waals surface area contributed by atoms with E-state index in [2.05, 4.69) is 9.97 Å². The van der Waals surface area contributed by atoms with Gasteiger partial charge in [-0.05, 0) is 12.1 Å². The van der Waals surface area contributed by atoms with Crippen molar-refractivity contribution in [1.82, 2.24) is 14.5 Å². The van der Waals surface area contributed by atoms with Crippen molar-refractivity contribution in [3.05, 3.63) is 47.2 Å². The summed E-state index contributed by atoms with van der Waals surface area (Å²) in [6.45, 7) is 0. The number of nitrogens with zero attached hydrogens (tertiary/aromatic N) is 3. The lowest BCUT2D eigenvalue weighted by molar-refractivity contribution is 0.579. The van der Waals surface area contributed by atoms with Crippen LogP contribution in [0.5, 0.6) is 0 Å². The van der Waals surface area contributed by atoms with E-state index in [1.54, 1.807) is 6.07 Å². The number of nitrogens with two attached hydrogens (primary N) is 1. The molecule has 0 saturated carbocycles. The van der Waals surface area contributed by atoms with Crippen molar-refractivity contribution in [1.29, 1.82) is 0 Å². The number of benzene rings is 1. The molecule has 0 aliphatic rings. The topological polar surface area (TPSA) is 56.7 Å². The van der Waals surface area contributed by atoms with E-state index in [1.807, 2.05) is 0 Å². The molecule has 19 heavy (non-hydrogen) atoms. The summed E-state index contributed by atoms with van der Waals surface area (Å²) in [7, 11) is 0. The predicted molar refractivity (Wildman–Crippen MR) is 68.2 cm³/mol. The van der Waals surface area contributed by atoms with Gasteiger partial charge in [0.25, 0.3) is 0 Å². The molecule has 0 aliphatic carbocycles. The molecule has 7 heteroatoms. The molecular weight excluding hydrogens is 274 g/mol. The van der Waals surface area contributed by atoms with Gasteiger partial charge in [-0.2, -0.15) is 0 Å². The first-order chi connectivity index (χ1) is 9.08. The number of hydrogen-bond acceptors (Lipinski definition) is 3. The quantitative estimate of drug-likeness (QED) is 0.745. The molecule has 3 rings (SSSR count). The number of fused-ring (bicyclic) bond motifs is 1. The Morgan fingerprint density at radius 2 is 2.05 bits per heavy atom. The Kier molecular flexibility index (Phi) is 2.60. The van der Waals surface area contributed by atoms with Gasteiger partial charge in [0, 0.05) is 12.3 Å². The van der Waals surface area contributed by atoms with E-state index in [9.17, 15) is 8.78 Å². The summed E-state index contributed by atoms with van der Waals surface area (Å²) in [5, 5.41) is -0.0830. The van der Waals surface area contributed by atoms with Crippen molar-refractivity contribution in [3.63, 3.8) is 0 Å². The van der Waals surface area contributed by atoms with E-state index >= 15 is 0 Å². The van der Waals surface area contributed by atoms with Gasteiger partial charge >= 0.3 is 0 Å². The van der Waals surface area contributed by atoms with Crippen molar-refractivity contribution in [2.24, 2.45) is 0 Å². The van der Waals surface area contributed by atoms with E-state index in [1.165, 1.54) is 17.0 Å². The van der Waals surface area contributed by atoms with Crippen LogP contribution in [0, 0.1) is 11.6 Å². The van der Waals surface area contributed by atoms with Gasteiger partial charge in [-0.25, -0.2) is 13.8 Å². The molecule has 2 aromatic heterocycles. The molecule has 3 aromatic rings. The highest BCUT2D eigenvalue weighted by Gasteiger charge is 2.17. The number of pyridine rings is 1. The highest BCUT2D eigenvalue weighted by molar-refractivity contribution is 6.32. The third-order valence-corrected chi connectivity index (χ3v) is 2.98. The highest BCUT2D eigenvalue weighted by atomic mass is 35.5. The highest BCUT2D eigenvalue weighted by Crippen LogP contribution is 2.30. The van der Waals surface area contributed by atoms with Crippen molar-refractivity contribution in [3.8, 4) is 5.69 Å². The summed E-state index contributed by atoms with van der Waals surface area (Å²) in [5.74, 6) is -1.51. The zero-order chi connectivity index (χ0) is 13.6. The Balaban J connectivity index is 2.40. The maximum absolute atomic E-state index is 13.9. The van der Waals surface area contributed by atoms with Crippen molar-refractivity contribution >= 4 is 28.6 Å². The SMILES string of the molecule is Nc1nc2cnccc2n1-c1c(F)cc(F)cc1Cl. The van der Waals surface area contributed by atoms with Crippen LogP contribution >= 0.6 is 11.6 Å². The van der Waals surface area contributed by atoms with Crippen molar-refractivity contribution in [2.45, 2.75) is 0 Å². The van der Waals surface area contributed by atoms with Crippen LogP contribution in [0.4, 0.5) is 14.7 Å². The summed E-state index contributed by atoms with van der Waals surface area (Å²) in [4.78, 5) is 7.96. The first-order valence-corrected chi connectivity index (χ1v) is 5.68. The van der Waals surface area contributed by atoms with Crippen LogP contribution in [-0.4, -0.2) is 14.5 Å². The minimum Gasteiger partial charge on any atom is -0.369 e. The molecule has 0 unspecified atom stereocenters. The number of hydrogen-bond donors (Lipinski definition) is 1. The van der Waals surface area contributed by atoms with Crippen molar-refractivity contribution in [2.75, 3.05) is 5.73 Å². The van der Waals surface area contributed by atoms with Gasteiger partial charge in [0.05, 0.1) is 16.7 Å². The summed E-state index contributed by atoms with van der Waals surface area (Å²) in [5.41, 5.74) is 6.77. The van der Waals surface area contributed by atoms with Gasteiger partial charge in [0.1, 0.15) is 17.0 Å². The number of nitrogen functional groups attached to an aromatic ring is 1. The number of imidazole rings is 1. The molecule has 1 aromatic carbocycles. The molecule has 0 fully saturated rings. The van der Waals surface area contributed by atoms with Crippen LogP contribution in [0.25, 0.3) is 16.7 Å². The minimum atomic E-state index is -0.812. The van der Waals surface area contributed by atoms with Crippen LogP contribution in [0.1, 0.15) is 0 Å². The largest absolute Gasteiger partial charge is 0.369 e. The number of anilines is 1. The van der Waals surface area contributed by atoms with Crippen LogP contribution in [-0.2, 0) is 0 Å². The van der Waals surface area contributed by atoms with Gasteiger partial charge in [0.15, 0.2) is 5.82 Å². The third kappa shape index (κ3) is 1.80. The predicted octanol–water partition coefficient (Wildman–Crippen LogP) is 2.93. The van der Waals surface area contributed by atoms with Gasteiger partial charge in [-0.3, -0.25) is 9.55 Å². The molecule has 0 spiro atoms. The molecule has 2 heterocycles. The molecule has 2 N–H and O–H groups in total. The lowest BCUT2D eigenvalue weighted by atomic mass is 10.2. The molecular formula is C12H7ClF2N4. The van der Waals surface area contributed by atoms with Crippen LogP contribution in [0.3, 0.4) is 0 Å². The third-order valence-electron chi connectivity index (χ3n) is 2.69. The first-order valence-electron chi connectivity index (χ1n) is 5.31. The van der Waals surface area contributed by atoms with E-state index in [-0.39, 0.29) is 16.7 Å². The smallest absolute Gasteiger partial charge is 0.206 e. The van der Waals surface area contributed by atoms with Crippen LogP contribution in [0.2, 0.25) is 5.02 Å². The van der Waals surface area contributed by atoms with E-state index in [4.69, 9.17) is 17.3 Å². The Bertz CT molecular complexity index is 761. The van der Waals surface area contributed by atoms with Crippen molar-refractivity contribution < 1.29 is 8.78 Å². The van der Waals surface area contributed by atoms with E-state index < -0.39 is 11.6 Å². The fourth-order valence-corrected chi connectivity index (χ4v) is 2.21. The zero-order valence-electron chi connectivity index (χ0n) is 9.44. The second-order valence-electron chi connectivity index (χ2n) is 3.89. The first kappa shape index (κ1) is 11.9. The number of rotatable bonds is 1. The molecule has 96 valence electrons. The van der Waals surface area contributed by atoms with Crippen LogP contribution in [0.15, 0.2) is 30.6 Å². The molecule has 0 atom stereocenters. The molecule has 0 amide bonds. The lowest BCUT2D eigenvalue weighted by Gasteiger charge is -2.10. The monoisotopic (exact) mass is 280 g/mol. The Hall–Kier alpha value is -2.21. The standard InChI is InChI=1S/C12H7ClF2N4/c13-7-3-6(14)4-8(15)11(7)19-10-1-2-17-5-9(10)18-12(19)16/h1-5H,(H2,16,18). The van der Waals surface area contributed by atoms with Gasteiger partial charge in [-0.1, -0.05) is 11.6 Å². The molecule has 0 saturated heterocycles. The fraction of sp³-hybridized carbons (Fsp3) is 0. The fourth-order valence-electron chi connectivity index (χ4n) is 1.93. The number of aromatic nitrogens is 3. The Morgan fingerprint density at radius 1 is 1.26 bits per heavy atom.